The smallest absolute Gasteiger partial charge is 0.327 e. The highest BCUT2D eigenvalue weighted by atomic mass is 32.2. The normalized spacial score (nSPS) is 28.0. The molecular formula is C23H23F2N5O3S. The molecule has 2 aromatic rings. The molecule has 1 amide bonds. The van der Waals surface area contributed by atoms with Crippen LogP contribution in [0.4, 0.5) is 20.3 Å². The maximum absolute atomic E-state index is 13.4. The molecule has 4 heterocycles. The Balaban J connectivity index is 1.21. The van der Waals surface area contributed by atoms with Crippen LogP contribution in [-0.2, 0) is 10.2 Å². The molecule has 2 aliphatic heterocycles. The van der Waals surface area contributed by atoms with Crippen molar-refractivity contribution in [1.82, 2.24) is 14.9 Å². The molecule has 0 N–H and O–H groups in total. The average Bonchev–Trinajstić information content (AvgIpc) is 3.11. The van der Waals surface area contributed by atoms with Gasteiger partial charge in [0.2, 0.25) is 0 Å². The summed E-state index contributed by atoms with van der Waals surface area (Å²) in [4.78, 5) is 23.2. The Hall–Kier alpha value is -3.08. The number of anilines is 2. The van der Waals surface area contributed by atoms with E-state index in [2.05, 4.69) is 16.0 Å². The number of hydrogen-bond acceptors (Lipinski definition) is 5. The molecule has 3 atom stereocenters. The Bertz CT molecular complexity index is 1320. The van der Waals surface area contributed by atoms with E-state index in [4.69, 9.17) is 0 Å². The number of aromatic nitrogens is 2. The molecule has 0 bridgehead atoms. The van der Waals surface area contributed by atoms with Crippen LogP contribution >= 0.6 is 0 Å². The Morgan fingerprint density at radius 3 is 2.71 bits per heavy atom. The molecule has 0 aromatic carbocycles. The summed E-state index contributed by atoms with van der Waals surface area (Å²) >= 11 is 0. The minimum Gasteiger partial charge on any atom is -0.338 e. The Kier molecular flexibility index (Phi) is 4.55. The summed E-state index contributed by atoms with van der Waals surface area (Å²) in [6, 6.07) is 6.93. The van der Waals surface area contributed by atoms with E-state index in [0.29, 0.717) is 30.0 Å². The van der Waals surface area contributed by atoms with E-state index in [1.165, 1.54) is 7.05 Å². The first-order chi connectivity index (χ1) is 16.1. The lowest BCUT2D eigenvalue weighted by molar-refractivity contribution is 0.0784. The van der Waals surface area contributed by atoms with Crippen molar-refractivity contribution in [2.24, 2.45) is 17.8 Å². The maximum Gasteiger partial charge on any atom is 0.327 e. The van der Waals surface area contributed by atoms with E-state index in [0.717, 1.165) is 20.6 Å². The maximum atomic E-state index is 13.4. The third-order valence-corrected chi connectivity index (χ3v) is 9.07. The van der Waals surface area contributed by atoms with Crippen LogP contribution in [0.15, 0.2) is 42.7 Å². The van der Waals surface area contributed by atoms with Gasteiger partial charge in [-0.3, -0.25) is 9.78 Å². The molecule has 8 nitrogen and oxygen atoms in total. The van der Waals surface area contributed by atoms with Gasteiger partial charge in [-0.2, -0.15) is 8.42 Å². The number of alkyl halides is 2. The van der Waals surface area contributed by atoms with Crippen LogP contribution in [0.3, 0.4) is 0 Å². The molecule has 0 radical (unpaired) electrons. The van der Waals surface area contributed by atoms with E-state index in [1.807, 2.05) is 4.90 Å². The summed E-state index contributed by atoms with van der Waals surface area (Å²) in [5, 5.41) is 0. The van der Waals surface area contributed by atoms with Gasteiger partial charge in [0.25, 0.3) is 11.8 Å². The molecule has 1 saturated heterocycles. The molecule has 2 fully saturated rings. The molecular weight excluding hydrogens is 464 g/mol. The van der Waals surface area contributed by atoms with Crippen molar-refractivity contribution >= 4 is 33.2 Å². The van der Waals surface area contributed by atoms with Gasteiger partial charge in [-0.25, -0.2) is 22.4 Å². The third-order valence-electron chi connectivity index (χ3n) is 7.30. The van der Waals surface area contributed by atoms with Gasteiger partial charge in [-0.05, 0) is 48.1 Å². The van der Waals surface area contributed by atoms with Crippen molar-refractivity contribution in [2.75, 3.05) is 35.3 Å². The van der Waals surface area contributed by atoms with Gasteiger partial charge in [0.05, 0.1) is 16.9 Å². The Morgan fingerprint density at radius 1 is 1.24 bits per heavy atom. The zero-order valence-electron chi connectivity index (χ0n) is 18.4. The van der Waals surface area contributed by atoms with Crippen LogP contribution < -0.4 is 8.61 Å². The van der Waals surface area contributed by atoms with Crippen LogP contribution in [0.1, 0.15) is 28.9 Å². The molecule has 34 heavy (non-hydrogen) atoms. The first kappa shape index (κ1) is 21.5. The van der Waals surface area contributed by atoms with E-state index in [1.54, 1.807) is 36.7 Å². The topological polar surface area (TPSA) is 86.7 Å². The minimum atomic E-state index is -3.93. The number of nitrogens with zero attached hydrogens (tertiary/aromatic N) is 5. The van der Waals surface area contributed by atoms with E-state index >= 15 is 0 Å². The molecule has 11 heteroatoms. The summed E-state index contributed by atoms with van der Waals surface area (Å²) in [6.45, 7) is 1.01. The summed E-state index contributed by atoms with van der Waals surface area (Å²) in [7, 11) is -2.53. The number of fused-ring (bicyclic) bond motifs is 2. The van der Waals surface area contributed by atoms with Gasteiger partial charge in [0.1, 0.15) is 0 Å². The number of carbonyl (C=O) groups is 1. The van der Waals surface area contributed by atoms with Gasteiger partial charge in [0.15, 0.2) is 5.82 Å². The van der Waals surface area contributed by atoms with Gasteiger partial charge < -0.3 is 4.90 Å². The summed E-state index contributed by atoms with van der Waals surface area (Å²) in [5.41, 5.74) is 2.61. The molecule has 2 aliphatic carbocycles. The predicted octanol–water partition coefficient (Wildman–Crippen LogP) is 2.81. The van der Waals surface area contributed by atoms with Gasteiger partial charge in [-0.15, -0.1) is 0 Å². The number of allylic oxidation sites excluding steroid dienone is 1. The van der Waals surface area contributed by atoms with Crippen molar-refractivity contribution < 1.29 is 22.0 Å². The van der Waals surface area contributed by atoms with Gasteiger partial charge in [-0.1, -0.05) is 6.08 Å². The number of amides is 1. The first-order valence-corrected chi connectivity index (χ1v) is 12.6. The van der Waals surface area contributed by atoms with Gasteiger partial charge in [0, 0.05) is 51.4 Å². The van der Waals surface area contributed by atoms with Crippen molar-refractivity contribution in [2.45, 2.75) is 18.8 Å². The Labute approximate surface area is 196 Å². The molecule has 178 valence electrons. The highest BCUT2D eigenvalue weighted by molar-refractivity contribution is 7.94. The minimum absolute atomic E-state index is 0.0266. The van der Waals surface area contributed by atoms with Crippen molar-refractivity contribution in [3.8, 4) is 0 Å². The number of rotatable bonds is 4. The average molecular weight is 488 g/mol. The predicted molar refractivity (Wildman–Crippen MR) is 122 cm³/mol. The van der Waals surface area contributed by atoms with Crippen LogP contribution in [-0.4, -0.2) is 61.8 Å². The monoisotopic (exact) mass is 487 g/mol. The molecule has 2 aromatic heterocycles. The van der Waals surface area contributed by atoms with Gasteiger partial charge >= 0.3 is 10.2 Å². The van der Waals surface area contributed by atoms with Crippen LogP contribution in [0, 0.1) is 17.8 Å². The lowest BCUT2D eigenvalue weighted by Gasteiger charge is -2.18. The second-order valence-corrected chi connectivity index (χ2v) is 11.4. The number of hydrogen-bond donors (Lipinski definition) is 0. The van der Waals surface area contributed by atoms with Crippen LogP contribution in [0.2, 0.25) is 0 Å². The van der Waals surface area contributed by atoms with Crippen molar-refractivity contribution in [1.29, 1.82) is 0 Å². The summed E-state index contributed by atoms with van der Waals surface area (Å²) in [6.07, 6.45) is 5.78. The highest BCUT2D eigenvalue weighted by Crippen LogP contribution is 2.51. The standard InChI is InChI=1S/C23H23F2N5O3S/c1-28-21-20(30(34(28,32)33)13-18-9-23(18,24)25)5-4-19(27-21)15-7-16-11-29(12-17(16)8-15)22(31)14-3-2-6-26-10-14/h2-7,10,16-18H,8-9,11-13H2,1H3. The first-order valence-electron chi connectivity index (χ1n) is 11.2. The van der Waals surface area contributed by atoms with Crippen molar-refractivity contribution in [3.63, 3.8) is 0 Å². The number of likely N-dealkylation sites (tertiary alicyclic amines) is 1. The quantitative estimate of drug-likeness (QED) is 0.662. The highest BCUT2D eigenvalue weighted by Gasteiger charge is 2.59. The fourth-order valence-electron chi connectivity index (χ4n) is 5.23. The van der Waals surface area contributed by atoms with E-state index < -0.39 is 22.0 Å². The second kappa shape index (κ2) is 7.21. The number of halogens is 2. The van der Waals surface area contributed by atoms with Crippen LogP contribution in [0.25, 0.3) is 5.57 Å². The molecule has 3 unspecified atom stereocenters. The second-order valence-electron chi connectivity index (χ2n) is 9.48. The zero-order chi connectivity index (χ0) is 23.8. The van der Waals surface area contributed by atoms with E-state index in [9.17, 15) is 22.0 Å². The SMILES string of the molecule is CN1c2nc(C3=CC4CN(C(=O)c5cccnc5)CC4C3)ccc2N(CC2CC2(F)F)S1(=O)=O. The fraction of sp³-hybridized carbons (Fsp3) is 0.435. The fourth-order valence-corrected chi connectivity index (χ4v) is 6.63. The molecule has 0 spiro atoms. The lowest BCUT2D eigenvalue weighted by atomic mass is 9.99. The summed E-state index contributed by atoms with van der Waals surface area (Å²) < 4.78 is 54.7. The largest absolute Gasteiger partial charge is 0.338 e. The van der Waals surface area contributed by atoms with Crippen molar-refractivity contribution in [3.05, 3.63) is 54.0 Å². The van der Waals surface area contributed by atoms with E-state index in [-0.39, 0.29) is 36.5 Å². The number of pyridine rings is 2. The summed E-state index contributed by atoms with van der Waals surface area (Å²) in [5.74, 6) is -3.05. The zero-order valence-corrected chi connectivity index (χ0v) is 19.3. The lowest BCUT2D eigenvalue weighted by Crippen LogP contribution is -2.37. The Morgan fingerprint density at radius 2 is 2.03 bits per heavy atom. The molecule has 6 rings (SSSR count). The molecule has 4 aliphatic rings. The third kappa shape index (κ3) is 3.28. The molecule has 1 saturated carbocycles. The van der Waals surface area contributed by atoms with Crippen LogP contribution in [0.5, 0.6) is 0 Å². The number of carbonyl (C=O) groups excluding carboxylic acids is 1.